The Morgan fingerprint density at radius 1 is 0.792 bits per heavy atom. The molecule has 0 fully saturated rings. The van der Waals surface area contributed by atoms with Gasteiger partial charge >= 0.3 is 0 Å². The fraction of sp³-hybridized carbons (Fsp3) is 0.200. The minimum Gasteiger partial charge on any atom is -0.505 e. The zero-order chi connectivity index (χ0) is 18.3. The summed E-state index contributed by atoms with van der Waals surface area (Å²) in [7, 11) is -9.81. The molecule has 130 valence electrons. The number of benzene rings is 2. The number of hydrogen-bond donors (Lipinski definition) is 3. The van der Waals surface area contributed by atoms with E-state index in [4.69, 9.17) is 0 Å². The van der Waals surface area contributed by atoms with Crippen LogP contribution in [-0.2, 0) is 25.7 Å². The van der Waals surface area contributed by atoms with Crippen LogP contribution in [0.4, 0.5) is 0 Å². The van der Waals surface area contributed by atoms with Crippen LogP contribution in [0.1, 0.15) is 25.0 Å². The second kappa shape index (κ2) is 5.85. The molecule has 0 saturated heterocycles. The van der Waals surface area contributed by atoms with Gasteiger partial charge in [-0.05, 0) is 23.3 Å². The van der Waals surface area contributed by atoms with Crippen molar-refractivity contribution in [3.8, 4) is 5.75 Å². The van der Waals surface area contributed by atoms with Crippen molar-refractivity contribution in [1.29, 1.82) is 0 Å². The van der Waals surface area contributed by atoms with Crippen molar-refractivity contribution in [2.24, 2.45) is 0 Å². The normalized spacial score (nSPS) is 13.0. The van der Waals surface area contributed by atoms with Gasteiger partial charge in [-0.25, -0.2) is 0 Å². The van der Waals surface area contributed by atoms with Gasteiger partial charge in [0, 0.05) is 5.41 Å². The highest BCUT2D eigenvalue weighted by Crippen LogP contribution is 2.38. The van der Waals surface area contributed by atoms with Crippen LogP contribution in [0, 0.1) is 0 Å². The summed E-state index contributed by atoms with van der Waals surface area (Å²) in [5.41, 5.74) is 0.0402. The summed E-state index contributed by atoms with van der Waals surface area (Å²) in [6.07, 6.45) is 0. The lowest BCUT2D eigenvalue weighted by Crippen LogP contribution is -2.20. The molecule has 0 aliphatic rings. The molecular formula is C15H16O7S2. The Hall–Kier alpha value is -1.94. The molecule has 7 nitrogen and oxygen atoms in total. The SMILES string of the molecule is CC(C)(c1ccccc1)c1cc(S(=O)(=O)O)c(O)c(S(=O)(=O)O)c1. The minimum atomic E-state index is -4.91. The number of phenolic OH excluding ortho intramolecular Hbond substituents is 1. The molecule has 24 heavy (non-hydrogen) atoms. The number of aromatic hydroxyl groups is 1. The van der Waals surface area contributed by atoms with E-state index in [0.29, 0.717) is 0 Å². The molecule has 0 unspecified atom stereocenters. The molecule has 0 radical (unpaired) electrons. The number of phenols is 1. The molecule has 2 rings (SSSR count). The molecule has 0 aliphatic carbocycles. The summed E-state index contributed by atoms with van der Waals surface area (Å²) in [5, 5.41) is 9.84. The summed E-state index contributed by atoms with van der Waals surface area (Å²) < 4.78 is 64.4. The zero-order valence-electron chi connectivity index (χ0n) is 12.8. The third-order valence-corrected chi connectivity index (χ3v) is 5.55. The number of rotatable bonds is 4. The Labute approximate surface area is 140 Å². The lowest BCUT2D eigenvalue weighted by atomic mass is 9.78. The monoisotopic (exact) mass is 372 g/mol. The van der Waals surface area contributed by atoms with Crippen molar-refractivity contribution in [3.05, 3.63) is 53.6 Å². The van der Waals surface area contributed by atoms with E-state index in [0.717, 1.165) is 17.7 Å². The van der Waals surface area contributed by atoms with E-state index in [2.05, 4.69) is 0 Å². The highest BCUT2D eigenvalue weighted by molar-refractivity contribution is 7.86. The molecule has 0 amide bonds. The Morgan fingerprint density at radius 3 is 1.58 bits per heavy atom. The van der Waals surface area contributed by atoms with E-state index in [1.54, 1.807) is 44.2 Å². The van der Waals surface area contributed by atoms with E-state index in [9.17, 15) is 31.0 Å². The van der Waals surface area contributed by atoms with Gasteiger partial charge in [-0.15, -0.1) is 0 Å². The van der Waals surface area contributed by atoms with Crippen LogP contribution < -0.4 is 0 Å². The first-order chi connectivity index (χ1) is 10.8. The van der Waals surface area contributed by atoms with Gasteiger partial charge in [-0.2, -0.15) is 16.8 Å². The molecular weight excluding hydrogens is 356 g/mol. The Kier molecular flexibility index (Phi) is 4.49. The lowest BCUT2D eigenvalue weighted by Gasteiger charge is -2.27. The average Bonchev–Trinajstić information content (AvgIpc) is 2.45. The van der Waals surface area contributed by atoms with Gasteiger partial charge in [0.2, 0.25) is 0 Å². The largest absolute Gasteiger partial charge is 0.505 e. The maximum absolute atomic E-state index is 11.5. The minimum absolute atomic E-state index is 0.173. The molecule has 9 heteroatoms. The quantitative estimate of drug-likeness (QED) is 0.702. The molecule has 0 saturated carbocycles. The van der Waals surface area contributed by atoms with Crippen molar-refractivity contribution >= 4 is 20.2 Å². The summed E-state index contributed by atoms with van der Waals surface area (Å²) in [5.74, 6) is -1.23. The third-order valence-electron chi connectivity index (χ3n) is 3.81. The standard InChI is InChI=1S/C15H16O7S2/c1-15(2,10-6-4-3-5-7-10)11-8-12(23(17,18)19)14(16)13(9-11)24(20,21)22/h3-9,16H,1-2H3,(H,17,18,19)(H,20,21,22). The van der Waals surface area contributed by atoms with Crippen molar-refractivity contribution < 1.29 is 31.0 Å². The fourth-order valence-electron chi connectivity index (χ4n) is 2.36. The fourth-order valence-corrected chi connectivity index (χ4v) is 3.68. The van der Waals surface area contributed by atoms with Crippen LogP contribution in [0.5, 0.6) is 5.75 Å². The molecule has 0 heterocycles. The first-order valence-electron chi connectivity index (χ1n) is 6.73. The highest BCUT2D eigenvalue weighted by Gasteiger charge is 2.31. The first kappa shape index (κ1) is 18.4. The van der Waals surface area contributed by atoms with Gasteiger partial charge in [-0.1, -0.05) is 44.2 Å². The second-order valence-corrected chi connectivity index (χ2v) is 8.54. The predicted octanol–water partition coefficient (Wildman–Crippen LogP) is 2.21. The highest BCUT2D eigenvalue weighted by atomic mass is 32.2. The maximum Gasteiger partial charge on any atom is 0.298 e. The van der Waals surface area contributed by atoms with Crippen molar-refractivity contribution in [2.45, 2.75) is 29.1 Å². The zero-order valence-corrected chi connectivity index (χ0v) is 14.5. The lowest BCUT2D eigenvalue weighted by molar-refractivity contribution is 0.421. The summed E-state index contributed by atoms with van der Waals surface area (Å²) >= 11 is 0. The smallest absolute Gasteiger partial charge is 0.298 e. The summed E-state index contributed by atoms with van der Waals surface area (Å²) in [6, 6.07) is 10.8. The van der Waals surface area contributed by atoms with E-state index in [-0.39, 0.29) is 5.56 Å². The van der Waals surface area contributed by atoms with Crippen molar-refractivity contribution in [2.75, 3.05) is 0 Å². The van der Waals surface area contributed by atoms with Crippen LogP contribution in [0.2, 0.25) is 0 Å². The van der Waals surface area contributed by atoms with Gasteiger partial charge in [0.05, 0.1) is 0 Å². The molecule has 2 aromatic rings. The van der Waals surface area contributed by atoms with E-state index >= 15 is 0 Å². The van der Waals surface area contributed by atoms with Gasteiger partial charge in [0.1, 0.15) is 9.79 Å². The Bertz CT molecular complexity index is 923. The van der Waals surface area contributed by atoms with Crippen LogP contribution in [0.15, 0.2) is 52.3 Å². The van der Waals surface area contributed by atoms with Crippen LogP contribution in [0.25, 0.3) is 0 Å². The Balaban J connectivity index is 2.86. The molecule has 3 N–H and O–H groups in total. The topological polar surface area (TPSA) is 129 Å². The first-order valence-corrected chi connectivity index (χ1v) is 9.61. The molecule has 0 spiro atoms. The number of hydrogen-bond acceptors (Lipinski definition) is 5. The molecule has 0 bridgehead atoms. The van der Waals surface area contributed by atoms with Crippen LogP contribution >= 0.6 is 0 Å². The van der Waals surface area contributed by atoms with Crippen LogP contribution in [-0.4, -0.2) is 31.0 Å². The van der Waals surface area contributed by atoms with Crippen LogP contribution in [0.3, 0.4) is 0 Å². The van der Waals surface area contributed by atoms with E-state index in [1.165, 1.54) is 0 Å². The van der Waals surface area contributed by atoms with Gasteiger partial charge < -0.3 is 5.11 Å². The Morgan fingerprint density at radius 2 is 1.21 bits per heavy atom. The van der Waals surface area contributed by atoms with Gasteiger partial charge in [0.15, 0.2) is 5.75 Å². The second-order valence-electron chi connectivity index (χ2n) is 5.76. The van der Waals surface area contributed by atoms with E-state index < -0.39 is 41.2 Å². The van der Waals surface area contributed by atoms with E-state index in [1.807, 2.05) is 0 Å². The maximum atomic E-state index is 11.5. The average molecular weight is 372 g/mol. The van der Waals surface area contributed by atoms with Crippen molar-refractivity contribution in [3.63, 3.8) is 0 Å². The van der Waals surface area contributed by atoms with Gasteiger partial charge in [0.25, 0.3) is 20.2 Å². The van der Waals surface area contributed by atoms with Crippen molar-refractivity contribution in [1.82, 2.24) is 0 Å². The summed E-state index contributed by atoms with van der Waals surface area (Å²) in [4.78, 5) is -1.98. The van der Waals surface area contributed by atoms with Gasteiger partial charge in [-0.3, -0.25) is 9.11 Å². The molecule has 0 atom stereocenters. The molecule has 0 aromatic heterocycles. The molecule has 2 aromatic carbocycles. The predicted molar refractivity (Wildman–Crippen MR) is 86.3 cm³/mol. The third kappa shape index (κ3) is 3.44. The molecule has 0 aliphatic heterocycles. The summed E-state index contributed by atoms with van der Waals surface area (Å²) in [6.45, 7) is 3.41.